The minimum Gasteiger partial charge on any atom is -0.308 e. The monoisotopic (exact) mass is 548 g/mol. The number of benzene rings is 2. The number of rotatable bonds is 6. The zero-order chi connectivity index (χ0) is 23.8. The highest BCUT2D eigenvalue weighted by Gasteiger charge is 2.39. The summed E-state index contributed by atoms with van der Waals surface area (Å²) in [7, 11) is -1.69. The molecule has 0 unspecified atom stereocenters. The highest BCUT2D eigenvalue weighted by molar-refractivity contribution is 9.10. The lowest BCUT2D eigenvalue weighted by Gasteiger charge is -2.23. The molecule has 176 valence electrons. The summed E-state index contributed by atoms with van der Waals surface area (Å²) in [6.45, 7) is 7.11. The molecule has 0 spiro atoms. The van der Waals surface area contributed by atoms with E-state index in [1.165, 1.54) is 11.1 Å². The second-order valence-electron chi connectivity index (χ2n) is 9.36. The van der Waals surface area contributed by atoms with Crippen LogP contribution in [0.1, 0.15) is 56.6 Å². The predicted octanol–water partition coefficient (Wildman–Crippen LogP) is 5.69. The number of halogens is 1. The number of hydrogen-bond acceptors (Lipinski definition) is 5. The molecule has 3 aromatic rings. The molecule has 4 rings (SSSR count). The largest absolute Gasteiger partial charge is 0.308 e. The second-order valence-corrected chi connectivity index (χ2v) is 13.1. The molecule has 0 aliphatic carbocycles. The molecule has 0 bridgehead atoms. The van der Waals surface area contributed by atoms with Crippen LogP contribution in [0.4, 0.5) is 0 Å². The van der Waals surface area contributed by atoms with E-state index in [0.717, 1.165) is 28.2 Å². The van der Waals surface area contributed by atoms with Crippen molar-refractivity contribution < 1.29 is 8.42 Å². The van der Waals surface area contributed by atoms with Gasteiger partial charge in [0.05, 0.1) is 10.9 Å². The van der Waals surface area contributed by atoms with Gasteiger partial charge in [0.1, 0.15) is 0 Å². The summed E-state index contributed by atoms with van der Waals surface area (Å²) in [5, 5.41) is 9.58. The zero-order valence-electron chi connectivity index (χ0n) is 19.3. The van der Waals surface area contributed by atoms with E-state index >= 15 is 0 Å². The van der Waals surface area contributed by atoms with Crippen LogP contribution in [-0.4, -0.2) is 34.0 Å². The van der Waals surface area contributed by atoms with Crippen molar-refractivity contribution in [2.75, 3.05) is 6.54 Å². The Balaban J connectivity index is 1.50. The van der Waals surface area contributed by atoms with Gasteiger partial charge in [-0.2, -0.15) is 4.31 Å². The summed E-state index contributed by atoms with van der Waals surface area (Å²) in [6.07, 6.45) is 1.54. The minimum absolute atomic E-state index is 0.133. The Morgan fingerprint density at radius 3 is 2.36 bits per heavy atom. The van der Waals surface area contributed by atoms with Gasteiger partial charge in [-0.1, -0.05) is 72.7 Å². The van der Waals surface area contributed by atoms with Crippen molar-refractivity contribution in [2.45, 2.75) is 60.9 Å². The number of hydrogen-bond donors (Lipinski definition) is 0. The Kier molecular flexibility index (Phi) is 7.05. The highest BCUT2D eigenvalue weighted by Crippen LogP contribution is 2.37. The molecule has 1 aliphatic rings. The van der Waals surface area contributed by atoms with Gasteiger partial charge in [0, 0.05) is 23.8 Å². The van der Waals surface area contributed by atoms with E-state index in [4.69, 9.17) is 0 Å². The first-order chi connectivity index (χ1) is 15.6. The molecule has 1 aliphatic heterocycles. The third kappa shape index (κ3) is 5.21. The van der Waals surface area contributed by atoms with E-state index in [1.807, 2.05) is 11.6 Å². The summed E-state index contributed by atoms with van der Waals surface area (Å²) >= 11 is 4.98. The molecule has 0 radical (unpaired) electrons. The Bertz CT molecular complexity index is 1220. The molecule has 1 saturated heterocycles. The van der Waals surface area contributed by atoms with Gasteiger partial charge in [-0.25, -0.2) is 8.42 Å². The summed E-state index contributed by atoms with van der Waals surface area (Å²) in [5.41, 5.74) is 2.66. The van der Waals surface area contributed by atoms with Crippen LogP contribution in [0.25, 0.3) is 0 Å². The third-order valence-electron chi connectivity index (χ3n) is 5.98. The smallest absolute Gasteiger partial charge is 0.243 e. The van der Waals surface area contributed by atoms with E-state index in [0.29, 0.717) is 17.3 Å². The topological polar surface area (TPSA) is 68.1 Å². The molecule has 1 fully saturated rings. The van der Waals surface area contributed by atoms with Crippen LogP contribution in [0.2, 0.25) is 0 Å². The molecule has 0 N–H and O–H groups in total. The van der Waals surface area contributed by atoms with Gasteiger partial charge in [0.2, 0.25) is 10.0 Å². The first kappa shape index (κ1) is 24.4. The van der Waals surface area contributed by atoms with Crippen LogP contribution in [0.5, 0.6) is 0 Å². The lowest BCUT2D eigenvalue weighted by Crippen LogP contribution is -2.32. The SMILES string of the molecule is Cn1c(SCc2ccc(C(C)(C)C)cc2)nnc1[C@H]1CCCN1S(=O)(=O)c1ccc(Br)cc1. The van der Waals surface area contributed by atoms with E-state index < -0.39 is 10.0 Å². The third-order valence-corrected chi connectivity index (χ3v) is 9.52. The van der Waals surface area contributed by atoms with E-state index in [1.54, 1.807) is 40.3 Å². The van der Waals surface area contributed by atoms with Crippen molar-refractivity contribution in [3.8, 4) is 0 Å². The zero-order valence-corrected chi connectivity index (χ0v) is 22.5. The fraction of sp³-hybridized carbons (Fsp3) is 0.417. The number of nitrogens with zero attached hydrogens (tertiary/aromatic N) is 4. The maximum Gasteiger partial charge on any atom is 0.243 e. The highest BCUT2D eigenvalue weighted by atomic mass is 79.9. The minimum atomic E-state index is -3.61. The molecular formula is C24H29BrN4O2S2. The average molecular weight is 550 g/mol. The van der Waals surface area contributed by atoms with Gasteiger partial charge in [-0.3, -0.25) is 0 Å². The van der Waals surface area contributed by atoms with Crippen molar-refractivity contribution in [2.24, 2.45) is 7.05 Å². The van der Waals surface area contributed by atoms with Crippen LogP contribution >= 0.6 is 27.7 Å². The van der Waals surface area contributed by atoms with Gasteiger partial charge in [-0.05, 0) is 53.6 Å². The van der Waals surface area contributed by atoms with Gasteiger partial charge >= 0.3 is 0 Å². The van der Waals surface area contributed by atoms with Crippen molar-refractivity contribution in [1.29, 1.82) is 0 Å². The van der Waals surface area contributed by atoms with Crippen molar-refractivity contribution >= 4 is 37.7 Å². The predicted molar refractivity (Wildman–Crippen MR) is 136 cm³/mol. The Morgan fingerprint density at radius 1 is 1.06 bits per heavy atom. The molecule has 1 atom stereocenters. The van der Waals surface area contributed by atoms with Gasteiger partial charge in [0.25, 0.3) is 0 Å². The van der Waals surface area contributed by atoms with Crippen molar-refractivity contribution in [3.05, 3.63) is 70.0 Å². The van der Waals surface area contributed by atoms with Crippen LogP contribution in [0, 0.1) is 0 Å². The van der Waals surface area contributed by atoms with Gasteiger partial charge in [0.15, 0.2) is 11.0 Å². The molecule has 2 heterocycles. The second kappa shape index (κ2) is 9.52. The molecule has 9 heteroatoms. The molecule has 1 aromatic heterocycles. The van der Waals surface area contributed by atoms with E-state index in [2.05, 4.69) is 71.2 Å². The number of aromatic nitrogens is 3. The lowest BCUT2D eigenvalue weighted by atomic mass is 9.87. The number of thioether (sulfide) groups is 1. The maximum absolute atomic E-state index is 13.3. The van der Waals surface area contributed by atoms with Crippen LogP contribution in [0.3, 0.4) is 0 Å². The van der Waals surface area contributed by atoms with E-state index in [9.17, 15) is 8.42 Å². The summed E-state index contributed by atoms with van der Waals surface area (Å²) in [4.78, 5) is 0.299. The molecule has 33 heavy (non-hydrogen) atoms. The average Bonchev–Trinajstić information content (AvgIpc) is 3.39. The molecule has 0 saturated carbocycles. The number of sulfonamides is 1. The lowest BCUT2D eigenvalue weighted by molar-refractivity contribution is 0.375. The summed E-state index contributed by atoms with van der Waals surface area (Å²) < 4.78 is 31.0. The Labute approximate surface area is 209 Å². The quantitative estimate of drug-likeness (QED) is 0.370. The normalized spacial score (nSPS) is 17.5. The first-order valence-electron chi connectivity index (χ1n) is 11.0. The van der Waals surface area contributed by atoms with Gasteiger partial charge in [-0.15, -0.1) is 10.2 Å². The first-order valence-corrected chi connectivity index (χ1v) is 14.2. The van der Waals surface area contributed by atoms with Crippen LogP contribution in [-0.2, 0) is 28.2 Å². The fourth-order valence-corrected chi connectivity index (χ4v) is 6.81. The van der Waals surface area contributed by atoms with Crippen molar-refractivity contribution in [1.82, 2.24) is 19.1 Å². The Hall–Kier alpha value is -1.68. The van der Waals surface area contributed by atoms with Crippen LogP contribution < -0.4 is 0 Å². The molecule has 6 nitrogen and oxygen atoms in total. The van der Waals surface area contributed by atoms with E-state index in [-0.39, 0.29) is 11.5 Å². The molecule has 0 amide bonds. The summed E-state index contributed by atoms with van der Waals surface area (Å²) in [5.74, 6) is 1.47. The van der Waals surface area contributed by atoms with Gasteiger partial charge < -0.3 is 4.57 Å². The van der Waals surface area contributed by atoms with Crippen molar-refractivity contribution in [3.63, 3.8) is 0 Å². The Morgan fingerprint density at radius 2 is 1.73 bits per heavy atom. The maximum atomic E-state index is 13.3. The standard InChI is InChI=1S/C24H29BrN4O2S2/c1-24(2,3)18-9-7-17(8-10-18)16-32-23-27-26-22(28(23)4)21-6-5-15-29(21)33(30,31)20-13-11-19(25)12-14-20/h7-14,21H,5-6,15-16H2,1-4H3/t21-/m1/s1. The molecular weight excluding hydrogens is 520 g/mol. The molecule has 2 aromatic carbocycles. The summed E-state index contributed by atoms with van der Waals surface area (Å²) in [6, 6.07) is 15.2. The fourth-order valence-electron chi connectivity index (χ4n) is 4.02. The van der Waals surface area contributed by atoms with Crippen LogP contribution in [0.15, 0.2) is 63.1 Å².